The highest BCUT2D eigenvalue weighted by Crippen LogP contribution is 2.46. The van der Waals surface area contributed by atoms with E-state index in [0.717, 1.165) is 12.4 Å². The number of rotatable bonds is 5. The van der Waals surface area contributed by atoms with E-state index < -0.39 is 35.0 Å². The molecule has 30 heavy (non-hydrogen) atoms. The smallest absolute Gasteiger partial charge is 0.422 e. The number of nitrogens with zero attached hydrogens (tertiary/aromatic N) is 4. The molecule has 11 heteroatoms. The number of aromatic carboxylic acids is 1. The van der Waals surface area contributed by atoms with Gasteiger partial charge in [-0.25, -0.2) is 9.48 Å². The fourth-order valence-corrected chi connectivity index (χ4v) is 3.32. The zero-order valence-electron chi connectivity index (χ0n) is 17.0. The minimum Gasteiger partial charge on any atom is -0.476 e. The average Bonchev–Trinajstić information content (AvgIpc) is 2.90. The van der Waals surface area contributed by atoms with E-state index in [2.05, 4.69) is 10.1 Å². The Balaban J connectivity index is 2.16. The third kappa shape index (κ3) is 3.81. The van der Waals surface area contributed by atoms with Gasteiger partial charge >= 0.3 is 12.1 Å². The van der Waals surface area contributed by atoms with Crippen LogP contribution in [0.3, 0.4) is 0 Å². The molecule has 0 aromatic carbocycles. The standard InChI is InChI=1S/C19H23F3N4O4/c1-10-15(17(28)29)24-26(18(2,3)4)16(10)30-13-8-23-7-12(14(13)19(20,21)22)25-6-5-11(25)9-27/h7-8,11,27H,5-6,9H2,1-4H3,(H,28,29)/t11-/m0/s1. The molecule has 0 radical (unpaired) electrons. The summed E-state index contributed by atoms with van der Waals surface area (Å²) in [6.07, 6.45) is -2.16. The number of halogens is 3. The third-order valence-electron chi connectivity index (χ3n) is 4.95. The number of aliphatic hydroxyl groups is 1. The summed E-state index contributed by atoms with van der Waals surface area (Å²) in [7, 11) is 0. The van der Waals surface area contributed by atoms with E-state index in [1.165, 1.54) is 16.5 Å². The summed E-state index contributed by atoms with van der Waals surface area (Å²) < 4.78 is 49.0. The molecule has 0 amide bonds. The molecule has 0 spiro atoms. The SMILES string of the molecule is Cc1c(C(=O)O)nn(C(C)(C)C)c1Oc1cncc(N2CC[C@H]2CO)c1C(F)(F)F. The first-order valence-electron chi connectivity index (χ1n) is 9.30. The predicted octanol–water partition coefficient (Wildman–Crippen LogP) is 3.42. The molecule has 8 nitrogen and oxygen atoms in total. The molecule has 1 atom stereocenters. The minimum atomic E-state index is -4.76. The maximum absolute atomic E-state index is 14.0. The highest BCUT2D eigenvalue weighted by Gasteiger charge is 2.42. The number of aromatic nitrogens is 3. The van der Waals surface area contributed by atoms with Gasteiger partial charge in [-0.3, -0.25) is 4.98 Å². The van der Waals surface area contributed by atoms with Gasteiger partial charge in [-0.2, -0.15) is 18.3 Å². The fraction of sp³-hybridized carbons (Fsp3) is 0.526. The van der Waals surface area contributed by atoms with Crippen molar-refractivity contribution in [3.8, 4) is 11.6 Å². The van der Waals surface area contributed by atoms with Crippen LogP contribution in [0.25, 0.3) is 0 Å². The van der Waals surface area contributed by atoms with Crippen molar-refractivity contribution in [2.45, 2.75) is 51.9 Å². The van der Waals surface area contributed by atoms with Gasteiger partial charge in [-0.05, 0) is 34.1 Å². The molecule has 3 heterocycles. The van der Waals surface area contributed by atoms with Gasteiger partial charge in [0.15, 0.2) is 11.4 Å². The van der Waals surface area contributed by atoms with E-state index in [1.807, 2.05) is 0 Å². The van der Waals surface area contributed by atoms with Crippen molar-refractivity contribution in [2.75, 3.05) is 18.1 Å². The lowest BCUT2D eigenvalue weighted by Gasteiger charge is -2.42. The lowest BCUT2D eigenvalue weighted by molar-refractivity contribution is -0.138. The summed E-state index contributed by atoms with van der Waals surface area (Å²) in [6, 6.07) is -0.427. The minimum absolute atomic E-state index is 0.105. The van der Waals surface area contributed by atoms with E-state index in [0.29, 0.717) is 13.0 Å². The molecule has 3 rings (SSSR count). The zero-order chi connectivity index (χ0) is 22.4. The molecule has 0 unspecified atom stereocenters. The van der Waals surface area contributed by atoms with E-state index in [4.69, 9.17) is 4.74 Å². The van der Waals surface area contributed by atoms with E-state index in [-0.39, 0.29) is 29.4 Å². The predicted molar refractivity (Wildman–Crippen MR) is 101 cm³/mol. The van der Waals surface area contributed by atoms with E-state index in [9.17, 15) is 28.2 Å². The Bertz CT molecular complexity index is 964. The normalized spacial score (nSPS) is 17.1. The lowest BCUT2D eigenvalue weighted by atomic mass is 10.0. The van der Waals surface area contributed by atoms with Gasteiger partial charge in [0.25, 0.3) is 0 Å². The monoisotopic (exact) mass is 428 g/mol. The van der Waals surface area contributed by atoms with Crippen LogP contribution < -0.4 is 9.64 Å². The second-order valence-electron chi connectivity index (χ2n) is 8.12. The summed E-state index contributed by atoms with van der Waals surface area (Å²) in [4.78, 5) is 16.8. The molecule has 164 valence electrons. The molecular weight excluding hydrogens is 405 g/mol. The van der Waals surface area contributed by atoms with Crippen molar-refractivity contribution in [1.29, 1.82) is 0 Å². The van der Waals surface area contributed by atoms with Gasteiger partial charge in [0.05, 0.1) is 36.3 Å². The van der Waals surface area contributed by atoms with Crippen LogP contribution in [0, 0.1) is 6.92 Å². The van der Waals surface area contributed by atoms with Crippen LogP contribution in [0.15, 0.2) is 12.4 Å². The van der Waals surface area contributed by atoms with Crippen LogP contribution in [0.1, 0.15) is 48.8 Å². The third-order valence-corrected chi connectivity index (χ3v) is 4.95. The molecule has 1 fully saturated rings. The lowest BCUT2D eigenvalue weighted by Crippen LogP contribution is -2.50. The molecule has 2 aromatic heterocycles. The van der Waals surface area contributed by atoms with E-state index in [1.54, 1.807) is 20.8 Å². The van der Waals surface area contributed by atoms with Crippen molar-refractivity contribution in [2.24, 2.45) is 0 Å². The molecule has 1 saturated heterocycles. The summed E-state index contributed by atoms with van der Waals surface area (Å²) in [5, 5.41) is 22.8. The van der Waals surface area contributed by atoms with E-state index >= 15 is 0 Å². The number of hydrogen-bond acceptors (Lipinski definition) is 6. The number of carboxylic acids is 1. The van der Waals surface area contributed by atoms with Gasteiger partial charge in [0.2, 0.25) is 5.88 Å². The van der Waals surface area contributed by atoms with Crippen molar-refractivity contribution >= 4 is 11.7 Å². The summed E-state index contributed by atoms with van der Waals surface area (Å²) in [6.45, 7) is 6.67. The summed E-state index contributed by atoms with van der Waals surface area (Å²) >= 11 is 0. The fourth-order valence-electron chi connectivity index (χ4n) is 3.32. The van der Waals surface area contributed by atoms with Crippen LogP contribution in [0.4, 0.5) is 18.9 Å². The Morgan fingerprint density at radius 1 is 1.30 bits per heavy atom. The molecule has 1 aliphatic heterocycles. The van der Waals surface area contributed by atoms with Crippen LogP contribution in [0.5, 0.6) is 11.6 Å². The number of carboxylic acid groups (broad SMARTS) is 1. The topological polar surface area (TPSA) is 101 Å². The van der Waals surface area contributed by atoms with Crippen molar-refractivity contribution in [3.05, 3.63) is 29.2 Å². The number of ether oxygens (including phenoxy) is 1. The van der Waals surface area contributed by atoms with Crippen molar-refractivity contribution in [1.82, 2.24) is 14.8 Å². The Labute approximate surface area is 170 Å². The van der Waals surface area contributed by atoms with Gasteiger partial charge in [-0.1, -0.05) is 0 Å². The first-order chi connectivity index (χ1) is 13.9. The van der Waals surface area contributed by atoms with Crippen LogP contribution >= 0.6 is 0 Å². The van der Waals surface area contributed by atoms with Gasteiger partial charge in [0, 0.05) is 12.1 Å². The van der Waals surface area contributed by atoms with Gasteiger partial charge in [0.1, 0.15) is 5.56 Å². The average molecular weight is 428 g/mol. The number of aliphatic hydroxyl groups excluding tert-OH is 1. The van der Waals surface area contributed by atoms with Gasteiger partial charge < -0.3 is 19.8 Å². The molecule has 0 aliphatic carbocycles. The largest absolute Gasteiger partial charge is 0.476 e. The quantitative estimate of drug-likeness (QED) is 0.753. The number of alkyl halides is 3. The molecule has 1 aliphatic rings. The van der Waals surface area contributed by atoms with Crippen LogP contribution in [0.2, 0.25) is 0 Å². The van der Waals surface area contributed by atoms with Crippen LogP contribution in [-0.4, -0.2) is 50.1 Å². The number of carbonyl (C=O) groups is 1. The second-order valence-corrected chi connectivity index (χ2v) is 8.12. The maximum Gasteiger partial charge on any atom is 0.422 e. The molecule has 0 bridgehead atoms. The van der Waals surface area contributed by atoms with Gasteiger partial charge in [-0.15, -0.1) is 0 Å². The Hall–Kier alpha value is -2.82. The Morgan fingerprint density at radius 3 is 2.43 bits per heavy atom. The molecule has 0 saturated carbocycles. The highest BCUT2D eigenvalue weighted by atomic mass is 19.4. The number of hydrogen-bond donors (Lipinski definition) is 2. The number of anilines is 1. The molecule has 2 N–H and O–H groups in total. The molecule has 2 aromatic rings. The second kappa shape index (κ2) is 7.46. The Morgan fingerprint density at radius 2 is 1.97 bits per heavy atom. The molecular formula is C19H23F3N4O4. The number of pyridine rings is 1. The van der Waals surface area contributed by atoms with Crippen molar-refractivity contribution < 1.29 is 32.9 Å². The Kier molecular flexibility index (Phi) is 5.44. The van der Waals surface area contributed by atoms with Crippen LogP contribution in [-0.2, 0) is 11.7 Å². The highest BCUT2D eigenvalue weighted by molar-refractivity contribution is 5.87. The van der Waals surface area contributed by atoms with Crippen molar-refractivity contribution in [3.63, 3.8) is 0 Å². The first kappa shape index (κ1) is 21.9. The zero-order valence-corrected chi connectivity index (χ0v) is 17.0. The summed E-state index contributed by atoms with van der Waals surface area (Å²) in [5.74, 6) is -1.98. The summed E-state index contributed by atoms with van der Waals surface area (Å²) in [5.41, 5.74) is -2.18. The first-order valence-corrected chi connectivity index (χ1v) is 9.30. The maximum atomic E-state index is 14.0.